The number of nitrogens with zero attached hydrogens (tertiary/aromatic N) is 1. The maximum absolute atomic E-state index is 12.5. The number of piperidine rings is 1. The van der Waals surface area contributed by atoms with Gasteiger partial charge in [-0.05, 0) is 44.1 Å². The summed E-state index contributed by atoms with van der Waals surface area (Å²) in [6.07, 6.45) is 4.16. The average Bonchev–Trinajstić information content (AvgIpc) is 3.31. The summed E-state index contributed by atoms with van der Waals surface area (Å²) in [5.41, 5.74) is 1.12. The summed E-state index contributed by atoms with van der Waals surface area (Å²) in [6, 6.07) is 9.97. The van der Waals surface area contributed by atoms with Crippen molar-refractivity contribution in [3.63, 3.8) is 0 Å². The van der Waals surface area contributed by atoms with Crippen LogP contribution in [0.15, 0.2) is 30.3 Å². The summed E-state index contributed by atoms with van der Waals surface area (Å²) >= 11 is 0. The first-order chi connectivity index (χ1) is 12.2. The Labute approximate surface area is 149 Å². The van der Waals surface area contributed by atoms with E-state index in [1.165, 1.54) is 6.42 Å². The highest BCUT2D eigenvalue weighted by Crippen LogP contribution is 2.61. The fraction of sp³-hybridized carbons (Fsp3) is 0.650. The highest BCUT2D eigenvalue weighted by Gasteiger charge is 2.65. The second-order valence-corrected chi connectivity index (χ2v) is 7.61. The molecule has 2 aliphatic heterocycles. The molecule has 2 heterocycles. The van der Waals surface area contributed by atoms with Crippen molar-refractivity contribution < 1.29 is 19.0 Å². The first-order valence-corrected chi connectivity index (χ1v) is 9.39. The van der Waals surface area contributed by atoms with Crippen LogP contribution in [0.4, 0.5) is 4.79 Å². The molecule has 5 heteroatoms. The highest BCUT2D eigenvalue weighted by molar-refractivity contribution is 5.69. The van der Waals surface area contributed by atoms with Crippen molar-refractivity contribution in [2.45, 2.75) is 51.5 Å². The summed E-state index contributed by atoms with van der Waals surface area (Å²) in [7, 11) is 0. The van der Waals surface area contributed by atoms with Crippen LogP contribution in [0.1, 0.15) is 38.2 Å². The Kier molecular flexibility index (Phi) is 4.69. The first kappa shape index (κ1) is 16.9. The maximum Gasteiger partial charge on any atom is 0.410 e. The number of carbonyl (C=O) groups is 1. The van der Waals surface area contributed by atoms with Crippen LogP contribution in [0.5, 0.6) is 0 Å². The number of carbonyl (C=O) groups excluding carboxylic acids is 1. The molecule has 1 aromatic rings. The van der Waals surface area contributed by atoms with Crippen molar-refractivity contribution in [3.8, 4) is 0 Å². The molecule has 3 aliphatic rings. The van der Waals surface area contributed by atoms with Crippen molar-refractivity contribution in [1.82, 2.24) is 4.90 Å². The van der Waals surface area contributed by atoms with E-state index in [0.29, 0.717) is 19.1 Å². The van der Waals surface area contributed by atoms with Gasteiger partial charge in [0.15, 0.2) is 6.29 Å². The zero-order valence-electron chi connectivity index (χ0n) is 14.9. The van der Waals surface area contributed by atoms with E-state index in [4.69, 9.17) is 14.2 Å². The number of hydrogen-bond donors (Lipinski definition) is 0. The first-order valence-electron chi connectivity index (χ1n) is 9.39. The molecule has 5 nitrogen and oxygen atoms in total. The average molecular weight is 345 g/mol. The molecule has 1 aliphatic carbocycles. The van der Waals surface area contributed by atoms with Gasteiger partial charge in [-0.3, -0.25) is 0 Å². The summed E-state index contributed by atoms with van der Waals surface area (Å²) in [6.45, 7) is 4.72. The lowest BCUT2D eigenvalue weighted by atomic mass is 9.99. The van der Waals surface area contributed by atoms with Crippen molar-refractivity contribution in [2.75, 3.05) is 19.8 Å². The third kappa shape index (κ3) is 3.40. The van der Waals surface area contributed by atoms with E-state index in [-0.39, 0.29) is 23.8 Å². The van der Waals surface area contributed by atoms with E-state index >= 15 is 0 Å². The summed E-state index contributed by atoms with van der Waals surface area (Å²) < 4.78 is 17.2. The molecule has 1 aromatic carbocycles. The minimum absolute atomic E-state index is 0.0596. The van der Waals surface area contributed by atoms with Crippen LogP contribution in [0.3, 0.4) is 0 Å². The Balaban J connectivity index is 1.29. The predicted molar refractivity (Wildman–Crippen MR) is 92.9 cm³/mol. The molecule has 2 saturated heterocycles. The third-order valence-corrected chi connectivity index (χ3v) is 6.11. The van der Waals surface area contributed by atoms with Crippen LogP contribution >= 0.6 is 0 Å². The number of hydrogen-bond acceptors (Lipinski definition) is 4. The Bertz CT molecular complexity index is 601. The van der Waals surface area contributed by atoms with E-state index in [2.05, 4.69) is 6.92 Å². The van der Waals surface area contributed by atoms with Gasteiger partial charge in [-0.25, -0.2) is 4.79 Å². The molecular formula is C20H27NO4. The molecule has 0 radical (unpaired) electrons. The Hall–Kier alpha value is -1.59. The zero-order chi connectivity index (χ0) is 17.3. The van der Waals surface area contributed by atoms with Crippen LogP contribution in [0, 0.1) is 11.3 Å². The molecule has 0 spiro atoms. The molecule has 0 aromatic heterocycles. The van der Waals surface area contributed by atoms with Crippen LogP contribution in [-0.4, -0.2) is 43.1 Å². The van der Waals surface area contributed by atoms with E-state index in [1.807, 2.05) is 35.2 Å². The highest BCUT2D eigenvalue weighted by atomic mass is 16.7. The van der Waals surface area contributed by atoms with Crippen LogP contribution in [0.25, 0.3) is 0 Å². The number of fused-ring (bicyclic) bond motifs is 1. The van der Waals surface area contributed by atoms with Gasteiger partial charge in [0, 0.05) is 24.6 Å². The molecule has 3 fully saturated rings. The molecule has 0 N–H and O–H groups in total. The molecule has 136 valence electrons. The molecule has 4 unspecified atom stereocenters. The lowest BCUT2D eigenvalue weighted by Gasteiger charge is -2.30. The van der Waals surface area contributed by atoms with Gasteiger partial charge in [0.2, 0.25) is 0 Å². The number of ether oxygens (including phenoxy) is 3. The van der Waals surface area contributed by atoms with Crippen LogP contribution in [-0.2, 0) is 20.8 Å². The summed E-state index contributed by atoms with van der Waals surface area (Å²) in [5.74, 6) is 0.537. The van der Waals surface area contributed by atoms with Crippen LogP contribution < -0.4 is 0 Å². The van der Waals surface area contributed by atoms with E-state index in [9.17, 15) is 4.79 Å². The number of benzene rings is 1. The Morgan fingerprint density at radius 1 is 1.32 bits per heavy atom. The minimum Gasteiger partial charge on any atom is -0.445 e. The summed E-state index contributed by atoms with van der Waals surface area (Å²) in [5, 5.41) is 0. The molecule has 4 rings (SSSR count). The second-order valence-electron chi connectivity index (χ2n) is 7.61. The molecule has 0 bridgehead atoms. The van der Waals surface area contributed by atoms with Gasteiger partial charge in [0.05, 0.1) is 6.61 Å². The topological polar surface area (TPSA) is 48.0 Å². The van der Waals surface area contributed by atoms with Gasteiger partial charge in [0.1, 0.15) is 6.61 Å². The Morgan fingerprint density at radius 3 is 2.92 bits per heavy atom. The SMILES string of the molecule is CC1N(C(=O)OCc2ccccc2)CC2CC21COC1CCCCO1. The van der Waals surface area contributed by atoms with Gasteiger partial charge in [-0.1, -0.05) is 30.3 Å². The number of amides is 1. The molecule has 1 amide bonds. The lowest BCUT2D eigenvalue weighted by molar-refractivity contribution is -0.173. The lowest BCUT2D eigenvalue weighted by Crippen LogP contribution is -2.41. The quantitative estimate of drug-likeness (QED) is 0.818. The normalized spacial score (nSPS) is 33.8. The largest absolute Gasteiger partial charge is 0.445 e. The maximum atomic E-state index is 12.5. The monoisotopic (exact) mass is 345 g/mol. The predicted octanol–water partition coefficient (Wildman–Crippen LogP) is 3.58. The summed E-state index contributed by atoms with van der Waals surface area (Å²) in [4.78, 5) is 14.4. The zero-order valence-corrected chi connectivity index (χ0v) is 14.9. The smallest absolute Gasteiger partial charge is 0.410 e. The van der Waals surface area contributed by atoms with E-state index in [0.717, 1.165) is 38.0 Å². The second kappa shape index (κ2) is 6.96. The van der Waals surface area contributed by atoms with Gasteiger partial charge < -0.3 is 19.1 Å². The van der Waals surface area contributed by atoms with Crippen molar-refractivity contribution in [1.29, 1.82) is 0 Å². The van der Waals surface area contributed by atoms with Crippen LogP contribution in [0.2, 0.25) is 0 Å². The van der Waals surface area contributed by atoms with Gasteiger partial charge in [-0.2, -0.15) is 0 Å². The fourth-order valence-electron chi connectivity index (χ4n) is 4.29. The van der Waals surface area contributed by atoms with E-state index < -0.39 is 0 Å². The minimum atomic E-state index is -0.211. The van der Waals surface area contributed by atoms with Gasteiger partial charge in [-0.15, -0.1) is 0 Å². The van der Waals surface area contributed by atoms with E-state index in [1.54, 1.807) is 0 Å². The molecule has 4 atom stereocenters. The molecular weight excluding hydrogens is 318 g/mol. The Morgan fingerprint density at radius 2 is 2.16 bits per heavy atom. The fourth-order valence-corrected chi connectivity index (χ4v) is 4.29. The number of rotatable bonds is 5. The van der Waals surface area contributed by atoms with Gasteiger partial charge >= 0.3 is 6.09 Å². The third-order valence-electron chi connectivity index (χ3n) is 6.11. The van der Waals surface area contributed by atoms with Gasteiger partial charge in [0.25, 0.3) is 0 Å². The van der Waals surface area contributed by atoms with Crippen molar-refractivity contribution in [3.05, 3.63) is 35.9 Å². The molecule has 25 heavy (non-hydrogen) atoms. The van der Waals surface area contributed by atoms with Crippen molar-refractivity contribution in [2.24, 2.45) is 11.3 Å². The number of likely N-dealkylation sites (tertiary alicyclic amines) is 1. The molecule has 1 saturated carbocycles. The standard InChI is InChI=1S/C20H27NO4/c1-15-20(14-25-18-9-5-6-10-23-18)11-17(20)12-21(15)19(22)24-13-16-7-3-2-4-8-16/h2-4,7-8,15,17-18H,5-6,9-14H2,1H3. The van der Waals surface area contributed by atoms with Crippen molar-refractivity contribution >= 4 is 6.09 Å².